The molecule has 1 atom stereocenters. The average Bonchev–Trinajstić information content (AvgIpc) is 2.96. The highest BCUT2D eigenvalue weighted by Gasteiger charge is 2.27. The molecule has 0 aliphatic carbocycles. The Balaban J connectivity index is 0.000000221. The SMILES string of the molecule is COc1cc(OC)c(C(=O)C(O)c2ccccc2)c(OC)c1.O=[P](c1ccccc1)c1ccccc1. The summed E-state index contributed by atoms with van der Waals surface area (Å²) in [6, 6.07) is 30.9. The van der Waals surface area contributed by atoms with Crippen molar-refractivity contribution in [2.24, 2.45) is 0 Å². The van der Waals surface area contributed by atoms with Crippen LogP contribution in [0.4, 0.5) is 0 Å². The van der Waals surface area contributed by atoms with Gasteiger partial charge in [-0.2, -0.15) is 0 Å². The molecule has 0 bridgehead atoms. The summed E-state index contributed by atoms with van der Waals surface area (Å²) < 4.78 is 27.6. The van der Waals surface area contributed by atoms with Crippen molar-refractivity contribution >= 4 is 24.2 Å². The predicted octanol–water partition coefficient (Wildman–Crippen LogP) is 5.09. The van der Waals surface area contributed by atoms with E-state index in [0.717, 1.165) is 10.6 Å². The van der Waals surface area contributed by atoms with Crippen LogP contribution in [0.25, 0.3) is 0 Å². The highest BCUT2D eigenvalue weighted by molar-refractivity contribution is 7.61. The molecule has 1 unspecified atom stereocenters. The summed E-state index contributed by atoms with van der Waals surface area (Å²) in [5, 5.41) is 12.1. The molecule has 185 valence electrons. The Morgan fingerprint density at radius 2 is 1.11 bits per heavy atom. The molecule has 0 spiro atoms. The average molecular weight is 504 g/mol. The number of aliphatic hydroxyl groups is 1. The first-order chi connectivity index (χ1) is 17.5. The number of ketones is 1. The van der Waals surface area contributed by atoms with E-state index in [1.165, 1.54) is 21.3 Å². The Morgan fingerprint density at radius 1 is 0.694 bits per heavy atom. The zero-order valence-corrected chi connectivity index (χ0v) is 21.2. The molecule has 0 fully saturated rings. The normalized spacial score (nSPS) is 10.9. The molecule has 0 saturated carbocycles. The number of carbonyl (C=O) groups excluding carboxylic acids is 1. The topological polar surface area (TPSA) is 82.1 Å². The van der Waals surface area contributed by atoms with Gasteiger partial charge in [0, 0.05) is 22.7 Å². The third kappa shape index (κ3) is 6.57. The summed E-state index contributed by atoms with van der Waals surface area (Å²) in [4.78, 5) is 12.7. The minimum Gasteiger partial charge on any atom is -0.496 e. The van der Waals surface area contributed by atoms with E-state index in [9.17, 15) is 14.5 Å². The first-order valence-corrected chi connectivity index (χ1v) is 12.4. The van der Waals surface area contributed by atoms with Gasteiger partial charge in [-0.15, -0.1) is 0 Å². The molecule has 4 rings (SSSR count). The Hall–Kier alpha value is -3.99. The maximum Gasteiger partial charge on any atom is 0.203 e. The molecule has 0 saturated heterocycles. The molecule has 4 aromatic rings. The summed E-state index contributed by atoms with van der Waals surface area (Å²) >= 11 is 0. The van der Waals surface area contributed by atoms with Crippen LogP contribution in [0.2, 0.25) is 0 Å². The fraction of sp³-hybridized carbons (Fsp3) is 0.138. The molecule has 36 heavy (non-hydrogen) atoms. The zero-order chi connectivity index (χ0) is 25.9. The minimum atomic E-state index is -1.42. The van der Waals surface area contributed by atoms with Crippen LogP contribution < -0.4 is 24.8 Å². The van der Waals surface area contributed by atoms with Crippen LogP contribution in [0.15, 0.2) is 103 Å². The number of hydrogen-bond acceptors (Lipinski definition) is 6. The van der Waals surface area contributed by atoms with Gasteiger partial charge in [-0.25, -0.2) is 0 Å². The maximum absolute atomic E-state index is 12.7. The second-order valence-electron chi connectivity index (χ2n) is 7.55. The Kier molecular flexibility index (Phi) is 9.75. The van der Waals surface area contributed by atoms with Gasteiger partial charge in [-0.3, -0.25) is 9.36 Å². The molecule has 7 heteroatoms. The van der Waals surface area contributed by atoms with E-state index in [4.69, 9.17) is 14.2 Å². The second kappa shape index (κ2) is 13.2. The third-order valence-corrected chi connectivity index (χ3v) is 6.84. The van der Waals surface area contributed by atoms with Crippen LogP contribution in [0.3, 0.4) is 0 Å². The number of aliphatic hydroxyl groups excluding tert-OH is 1. The van der Waals surface area contributed by atoms with Gasteiger partial charge in [-0.05, 0) is 29.8 Å². The van der Waals surface area contributed by atoms with E-state index in [0.29, 0.717) is 11.3 Å². The van der Waals surface area contributed by atoms with Crippen molar-refractivity contribution in [2.75, 3.05) is 21.3 Å². The van der Waals surface area contributed by atoms with Crippen molar-refractivity contribution in [1.29, 1.82) is 0 Å². The molecule has 0 amide bonds. The van der Waals surface area contributed by atoms with Crippen molar-refractivity contribution in [3.8, 4) is 17.2 Å². The smallest absolute Gasteiger partial charge is 0.203 e. The van der Waals surface area contributed by atoms with Crippen LogP contribution in [0, 0.1) is 0 Å². The lowest BCUT2D eigenvalue weighted by Gasteiger charge is -2.17. The van der Waals surface area contributed by atoms with Crippen molar-refractivity contribution in [2.45, 2.75) is 6.10 Å². The number of carbonyl (C=O) groups is 1. The standard InChI is InChI=1S/C17H18O5.C12H10OP/c1-20-12-9-13(21-2)15(14(10-12)22-3)17(19)16(18)11-7-5-4-6-8-11;13-14(11-7-3-1-4-8-11)12-9-5-2-6-10-12/h4-10,16,18H,1-3H3;1-10H. The van der Waals surface area contributed by atoms with Gasteiger partial charge in [-0.1, -0.05) is 66.7 Å². The van der Waals surface area contributed by atoms with Gasteiger partial charge in [0.05, 0.1) is 21.3 Å². The Bertz CT molecular complexity index is 1210. The van der Waals surface area contributed by atoms with Crippen LogP contribution in [0.5, 0.6) is 17.2 Å². The molecule has 1 radical (unpaired) electrons. The van der Waals surface area contributed by atoms with Gasteiger partial charge < -0.3 is 19.3 Å². The van der Waals surface area contributed by atoms with Crippen molar-refractivity contribution in [3.05, 3.63) is 114 Å². The van der Waals surface area contributed by atoms with Gasteiger partial charge in [0.25, 0.3) is 0 Å². The summed E-state index contributed by atoms with van der Waals surface area (Å²) in [6.07, 6.45) is -1.29. The monoisotopic (exact) mass is 503 g/mol. The van der Waals surface area contributed by atoms with Crippen LogP contribution in [-0.2, 0) is 4.57 Å². The molecule has 4 aromatic carbocycles. The van der Waals surface area contributed by atoms with E-state index >= 15 is 0 Å². The Morgan fingerprint density at radius 3 is 1.50 bits per heavy atom. The van der Waals surface area contributed by atoms with Crippen molar-refractivity contribution in [3.63, 3.8) is 0 Å². The first kappa shape index (κ1) is 26.6. The van der Waals surface area contributed by atoms with Gasteiger partial charge in [0.1, 0.15) is 36.7 Å². The summed E-state index contributed by atoms with van der Waals surface area (Å²) in [7, 11) is 2.98. The minimum absolute atomic E-state index is 0.183. The number of hydrogen-bond donors (Lipinski definition) is 1. The molecular formula is C29H28O6P. The molecular weight excluding hydrogens is 475 g/mol. The highest BCUT2D eigenvalue weighted by Crippen LogP contribution is 2.36. The van der Waals surface area contributed by atoms with E-state index in [1.807, 2.05) is 66.7 Å². The van der Waals surface area contributed by atoms with Crippen LogP contribution in [0.1, 0.15) is 22.0 Å². The lowest BCUT2D eigenvalue weighted by molar-refractivity contribution is 0.0740. The number of methoxy groups -OCH3 is 3. The summed E-state index contributed by atoms with van der Waals surface area (Å²) in [5.74, 6) is 0.578. The van der Waals surface area contributed by atoms with Gasteiger partial charge >= 0.3 is 0 Å². The number of ether oxygens (including phenoxy) is 3. The van der Waals surface area contributed by atoms with Crippen LogP contribution in [-0.4, -0.2) is 32.2 Å². The fourth-order valence-electron chi connectivity index (χ4n) is 3.45. The largest absolute Gasteiger partial charge is 0.496 e. The van der Waals surface area contributed by atoms with Gasteiger partial charge in [0.15, 0.2) is 0 Å². The summed E-state index contributed by atoms with van der Waals surface area (Å²) in [5.41, 5.74) is 0.689. The highest BCUT2D eigenvalue weighted by atomic mass is 31.1. The number of benzene rings is 4. The molecule has 1 N–H and O–H groups in total. The second-order valence-corrected chi connectivity index (χ2v) is 9.17. The molecule has 0 aromatic heterocycles. The maximum atomic E-state index is 12.7. The quantitative estimate of drug-likeness (QED) is 0.266. The van der Waals surface area contributed by atoms with E-state index in [1.54, 1.807) is 36.4 Å². The van der Waals surface area contributed by atoms with E-state index in [2.05, 4.69) is 0 Å². The molecule has 0 aliphatic heterocycles. The fourth-order valence-corrected chi connectivity index (χ4v) is 4.63. The van der Waals surface area contributed by atoms with Crippen LogP contribution >= 0.6 is 7.80 Å². The number of rotatable bonds is 8. The predicted molar refractivity (Wildman–Crippen MR) is 142 cm³/mol. The van der Waals surface area contributed by atoms with Crippen molar-refractivity contribution < 1.29 is 28.7 Å². The zero-order valence-electron chi connectivity index (χ0n) is 20.3. The molecule has 0 heterocycles. The van der Waals surface area contributed by atoms with E-state index in [-0.39, 0.29) is 17.1 Å². The van der Waals surface area contributed by atoms with Crippen molar-refractivity contribution in [1.82, 2.24) is 0 Å². The van der Waals surface area contributed by atoms with E-state index < -0.39 is 19.7 Å². The third-order valence-electron chi connectivity index (χ3n) is 5.31. The van der Waals surface area contributed by atoms with Gasteiger partial charge in [0.2, 0.25) is 5.78 Å². The number of Topliss-reactive ketones (excluding diaryl/α,β-unsaturated/α-hetero) is 1. The lowest BCUT2D eigenvalue weighted by Crippen LogP contribution is -2.15. The molecule has 0 aliphatic rings. The lowest BCUT2D eigenvalue weighted by atomic mass is 9.98. The first-order valence-electron chi connectivity index (χ1n) is 11.1. The summed E-state index contributed by atoms with van der Waals surface area (Å²) in [6.45, 7) is 0. The Labute approximate surface area is 211 Å². The molecule has 6 nitrogen and oxygen atoms in total.